The van der Waals surface area contributed by atoms with E-state index in [2.05, 4.69) is 5.32 Å². The van der Waals surface area contributed by atoms with E-state index in [0.717, 1.165) is 11.0 Å². The Morgan fingerprint density at radius 3 is 2.12 bits per heavy atom. The molecule has 0 aliphatic carbocycles. The SMILES string of the molecule is COc1cc(NC2=C(c3ccccc3)C(=O)N(c3ccc(F)c(Cl)c3)C2=O)cc(OC)c1. The van der Waals surface area contributed by atoms with E-state index in [4.69, 9.17) is 21.1 Å². The third-order valence-electron chi connectivity index (χ3n) is 4.93. The lowest BCUT2D eigenvalue weighted by atomic mass is 10.0. The van der Waals surface area contributed by atoms with E-state index in [1.807, 2.05) is 6.07 Å². The molecule has 1 aliphatic rings. The molecule has 4 rings (SSSR count). The van der Waals surface area contributed by atoms with E-state index < -0.39 is 17.6 Å². The molecule has 8 heteroatoms. The third kappa shape index (κ3) is 3.90. The van der Waals surface area contributed by atoms with Gasteiger partial charge in [-0.25, -0.2) is 9.29 Å². The second-order valence-corrected chi connectivity index (χ2v) is 7.29. The number of nitrogens with one attached hydrogen (secondary N) is 1. The van der Waals surface area contributed by atoms with E-state index >= 15 is 0 Å². The minimum absolute atomic E-state index is 0.0666. The van der Waals surface area contributed by atoms with Crippen molar-refractivity contribution in [3.05, 3.63) is 88.8 Å². The second kappa shape index (κ2) is 8.72. The fraction of sp³-hybridized carbons (Fsp3) is 0.0833. The third-order valence-corrected chi connectivity index (χ3v) is 5.22. The Kier molecular flexibility index (Phi) is 5.83. The van der Waals surface area contributed by atoms with Gasteiger partial charge in [-0.1, -0.05) is 41.9 Å². The lowest BCUT2D eigenvalue weighted by Gasteiger charge is -2.16. The Balaban J connectivity index is 1.82. The minimum Gasteiger partial charge on any atom is -0.497 e. The maximum atomic E-state index is 13.7. The van der Waals surface area contributed by atoms with E-state index in [1.165, 1.54) is 26.4 Å². The highest BCUT2D eigenvalue weighted by atomic mass is 35.5. The molecule has 0 radical (unpaired) electrons. The molecule has 0 spiro atoms. The number of halogens is 2. The normalized spacial score (nSPS) is 13.6. The first kappa shape index (κ1) is 21.4. The summed E-state index contributed by atoms with van der Waals surface area (Å²) in [6.45, 7) is 0. The summed E-state index contributed by atoms with van der Waals surface area (Å²) >= 11 is 5.89. The predicted molar refractivity (Wildman–Crippen MR) is 120 cm³/mol. The van der Waals surface area contributed by atoms with Crippen LogP contribution in [0.4, 0.5) is 15.8 Å². The molecule has 3 aromatic rings. The van der Waals surface area contributed by atoms with Gasteiger partial charge in [0.25, 0.3) is 11.8 Å². The standard InChI is InChI=1S/C24H18ClFN2O4/c1-31-17-10-15(11-18(13-17)32-2)27-22-21(14-6-4-3-5-7-14)23(29)28(24(22)30)16-8-9-20(26)19(25)12-16/h3-13,27H,1-2H3. The Hall–Kier alpha value is -3.84. The number of amides is 2. The Morgan fingerprint density at radius 1 is 0.875 bits per heavy atom. The molecule has 1 aliphatic heterocycles. The van der Waals surface area contributed by atoms with Gasteiger partial charge in [0.05, 0.1) is 30.5 Å². The lowest BCUT2D eigenvalue weighted by Crippen LogP contribution is -2.32. The highest BCUT2D eigenvalue weighted by molar-refractivity contribution is 6.46. The molecule has 32 heavy (non-hydrogen) atoms. The van der Waals surface area contributed by atoms with Crippen molar-refractivity contribution >= 4 is 40.4 Å². The van der Waals surface area contributed by atoms with Crippen LogP contribution in [0.3, 0.4) is 0 Å². The van der Waals surface area contributed by atoms with E-state index in [-0.39, 0.29) is 22.0 Å². The molecule has 0 fully saturated rings. The molecule has 0 saturated carbocycles. The van der Waals surface area contributed by atoms with E-state index in [9.17, 15) is 14.0 Å². The van der Waals surface area contributed by atoms with Crippen LogP contribution >= 0.6 is 11.6 Å². The average molecular weight is 453 g/mol. The molecular weight excluding hydrogens is 435 g/mol. The van der Waals surface area contributed by atoms with Crippen molar-refractivity contribution in [3.63, 3.8) is 0 Å². The van der Waals surface area contributed by atoms with Crippen molar-refractivity contribution in [2.24, 2.45) is 0 Å². The number of carbonyl (C=O) groups is 2. The summed E-state index contributed by atoms with van der Waals surface area (Å²) in [6, 6.07) is 17.5. The predicted octanol–water partition coefficient (Wildman–Crippen LogP) is 4.89. The van der Waals surface area contributed by atoms with Gasteiger partial charge in [0.15, 0.2) is 0 Å². The first-order valence-electron chi connectivity index (χ1n) is 9.56. The number of methoxy groups -OCH3 is 2. The van der Waals surface area contributed by atoms with Crippen LogP contribution in [-0.4, -0.2) is 26.0 Å². The van der Waals surface area contributed by atoms with Gasteiger partial charge in [-0.3, -0.25) is 9.59 Å². The van der Waals surface area contributed by atoms with Crippen molar-refractivity contribution in [1.29, 1.82) is 0 Å². The molecule has 0 unspecified atom stereocenters. The fourth-order valence-corrected chi connectivity index (χ4v) is 3.58. The van der Waals surface area contributed by atoms with Gasteiger partial charge >= 0.3 is 0 Å². The molecule has 0 atom stereocenters. The number of ether oxygens (including phenoxy) is 2. The molecule has 0 saturated heterocycles. The van der Waals surface area contributed by atoms with Crippen molar-refractivity contribution in [2.75, 3.05) is 24.4 Å². The molecule has 0 aromatic heterocycles. The summed E-state index contributed by atoms with van der Waals surface area (Å²) in [4.78, 5) is 27.7. The summed E-state index contributed by atoms with van der Waals surface area (Å²) in [5.74, 6) is -0.785. The first-order valence-corrected chi connectivity index (χ1v) is 9.94. The number of rotatable bonds is 6. The van der Waals surface area contributed by atoms with Gasteiger partial charge < -0.3 is 14.8 Å². The topological polar surface area (TPSA) is 67.9 Å². The zero-order chi connectivity index (χ0) is 22.8. The molecular formula is C24H18ClFN2O4. The summed E-state index contributed by atoms with van der Waals surface area (Å²) in [5.41, 5.74) is 1.46. The first-order chi connectivity index (χ1) is 15.4. The minimum atomic E-state index is -0.646. The van der Waals surface area contributed by atoms with Gasteiger partial charge in [0.1, 0.15) is 23.0 Å². The van der Waals surface area contributed by atoms with Crippen LogP contribution in [0, 0.1) is 5.82 Å². The largest absolute Gasteiger partial charge is 0.497 e. The number of hydrogen-bond donors (Lipinski definition) is 1. The van der Waals surface area contributed by atoms with E-state index in [0.29, 0.717) is 22.7 Å². The van der Waals surface area contributed by atoms with Gasteiger partial charge in [0, 0.05) is 23.9 Å². The van der Waals surface area contributed by atoms with Gasteiger partial charge in [0.2, 0.25) is 0 Å². The van der Waals surface area contributed by atoms with Crippen molar-refractivity contribution < 1.29 is 23.5 Å². The van der Waals surface area contributed by atoms with Crippen molar-refractivity contribution in [3.8, 4) is 11.5 Å². The van der Waals surface area contributed by atoms with Crippen LogP contribution in [0.5, 0.6) is 11.5 Å². The van der Waals surface area contributed by atoms with Crippen LogP contribution < -0.4 is 19.7 Å². The quantitative estimate of drug-likeness (QED) is 0.539. The zero-order valence-corrected chi connectivity index (χ0v) is 17.9. The summed E-state index contributed by atoms with van der Waals surface area (Å²) < 4.78 is 24.2. The number of carbonyl (C=O) groups excluding carboxylic acids is 2. The molecule has 0 bridgehead atoms. The van der Waals surface area contributed by atoms with Crippen molar-refractivity contribution in [1.82, 2.24) is 0 Å². The average Bonchev–Trinajstić information content (AvgIpc) is 3.05. The van der Waals surface area contributed by atoms with Gasteiger partial charge in [-0.2, -0.15) is 0 Å². The number of anilines is 2. The summed E-state index contributed by atoms with van der Waals surface area (Å²) in [5, 5.41) is 2.85. The molecule has 3 aromatic carbocycles. The van der Waals surface area contributed by atoms with Crippen molar-refractivity contribution in [2.45, 2.75) is 0 Å². The zero-order valence-electron chi connectivity index (χ0n) is 17.2. The van der Waals surface area contributed by atoms with E-state index in [1.54, 1.807) is 42.5 Å². The van der Waals surface area contributed by atoms with Crippen LogP contribution in [0.15, 0.2) is 72.4 Å². The second-order valence-electron chi connectivity index (χ2n) is 6.89. The Labute approximate surface area is 188 Å². The smallest absolute Gasteiger partial charge is 0.282 e. The molecule has 2 amide bonds. The molecule has 1 N–H and O–H groups in total. The van der Waals surface area contributed by atoms with Crippen LogP contribution in [0.1, 0.15) is 5.56 Å². The molecule has 1 heterocycles. The highest BCUT2D eigenvalue weighted by Crippen LogP contribution is 2.36. The molecule has 6 nitrogen and oxygen atoms in total. The summed E-state index contributed by atoms with van der Waals surface area (Å²) in [6.07, 6.45) is 0. The lowest BCUT2D eigenvalue weighted by molar-refractivity contribution is -0.120. The summed E-state index contributed by atoms with van der Waals surface area (Å²) in [7, 11) is 3.02. The monoisotopic (exact) mass is 452 g/mol. The highest BCUT2D eigenvalue weighted by Gasteiger charge is 2.40. The number of benzene rings is 3. The van der Waals surface area contributed by atoms with Gasteiger partial charge in [-0.05, 0) is 23.8 Å². The Morgan fingerprint density at radius 2 is 1.53 bits per heavy atom. The number of hydrogen-bond acceptors (Lipinski definition) is 5. The van der Waals surface area contributed by atoms with Crippen LogP contribution in [-0.2, 0) is 9.59 Å². The van der Waals surface area contributed by atoms with Gasteiger partial charge in [-0.15, -0.1) is 0 Å². The maximum Gasteiger partial charge on any atom is 0.282 e. The number of nitrogens with zero attached hydrogens (tertiary/aromatic N) is 1. The Bertz CT molecular complexity index is 1220. The molecule has 162 valence electrons. The number of imide groups is 1. The van der Waals surface area contributed by atoms with Crippen LogP contribution in [0.2, 0.25) is 5.02 Å². The fourth-order valence-electron chi connectivity index (χ4n) is 3.40. The van der Waals surface area contributed by atoms with Crippen LogP contribution in [0.25, 0.3) is 5.57 Å². The maximum absolute atomic E-state index is 13.7.